The third kappa shape index (κ3) is 4.46. The topological polar surface area (TPSA) is 44.4 Å². The second-order valence-electron chi connectivity index (χ2n) is 8.34. The van der Waals surface area contributed by atoms with Gasteiger partial charge in [-0.3, -0.25) is 4.79 Å². The number of amides is 1. The zero-order valence-corrected chi connectivity index (χ0v) is 18.7. The molecule has 164 valence electrons. The maximum absolute atomic E-state index is 12.5. The lowest BCUT2D eigenvalue weighted by Crippen LogP contribution is -2.13. The Morgan fingerprint density at radius 3 is 2.58 bits per heavy atom. The molecule has 2 N–H and O–H groups in total. The molecule has 0 spiro atoms. The molecular weight excluding hydrogens is 406 g/mol. The highest BCUT2D eigenvalue weighted by molar-refractivity contribution is 6.02. The van der Waals surface area contributed by atoms with Crippen LogP contribution in [0.4, 0.5) is 22.7 Å². The summed E-state index contributed by atoms with van der Waals surface area (Å²) in [6, 6.07) is 29.0. The van der Waals surface area contributed by atoms with E-state index in [1.165, 1.54) is 21.9 Å². The lowest BCUT2D eigenvalue weighted by molar-refractivity contribution is -0.116. The minimum Gasteiger partial charge on any atom is -0.379 e. The smallest absolute Gasteiger partial charge is 0.224 e. The molecule has 0 fully saturated rings. The van der Waals surface area contributed by atoms with Gasteiger partial charge in [0.05, 0.1) is 11.4 Å². The molecule has 33 heavy (non-hydrogen) atoms. The van der Waals surface area contributed by atoms with Crippen LogP contribution in [0, 0.1) is 6.92 Å². The van der Waals surface area contributed by atoms with Crippen molar-refractivity contribution in [3.05, 3.63) is 108 Å². The van der Waals surface area contributed by atoms with Gasteiger partial charge >= 0.3 is 0 Å². The summed E-state index contributed by atoms with van der Waals surface area (Å²) >= 11 is 0. The zero-order chi connectivity index (χ0) is 22.6. The summed E-state index contributed by atoms with van der Waals surface area (Å²) < 4.78 is 0. The Hall–Kier alpha value is -4.05. The van der Waals surface area contributed by atoms with Crippen molar-refractivity contribution in [1.82, 2.24) is 0 Å². The number of carbonyl (C=O) groups excluding carboxylic acids is 1. The van der Waals surface area contributed by atoms with Gasteiger partial charge in [0.2, 0.25) is 5.91 Å². The first-order valence-electron chi connectivity index (χ1n) is 11.3. The van der Waals surface area contributed by atoms with E-state index >= 15 is 0 Å². The van der Waals surface area contributed by atoms with E-state index in [2.05, 4.69) is 83.3 Å². The summed E-state index contributed by atoms with van der Waals surface area (Å²) in [4.78, 5) is 14.7. The second kappa shape index (κ2) is 9.21. The van der Waals surface area contributed by atoms with Crippen molar-refractivity contribution in [1.29, 1.82) is 0 Å². The number of fused-ring (bicyclic) bond motifs is 3. The van der Waals surface area contributed by atoms with Crippen molar-refractivity contribution in [3.8, 4) is 0 Å². The van der Waals surface area contributed by atoms with Crippen molar-refractivity contribution in [3.63, 3.8) is 0 Å². The Morgan fingerprint density at radius 1 is 0.939 bits per heavy atom. The molecule has 5 rings (SSSR count). The standard InChI is InChI=1S/C29H27N3O/c1-21-7-2-3-8-22(21)12-18-28(33)31-24-13-15-25(16-14-24)32-20-6-19-30-29-26-10-5-4-9-23(26)11-17-27(29)32/h2-11,13-17,20,30H,12,18-19H2,1H3,(H,31,33). The molecule has 1 aliphatic rings. The molecule has 0 aromatic heterocycles. The van der Waals surface area contributed by atoms with Gasteiger partial charge < -0.3 is 15.5 Å². The zero-order valence-electron chi connectivity index (χ0n) is 18.7. The van der Waals surface area contributed by atoms with Crippen LogP contribution >= 0.6 is 0 Å². The first kappa shape index (κ1) is 20.8. The molecule has 4 heteroatoms. The Balaban J connectivity index is 1.32. The largest absolute Gasteiger partial charge is 0.379 e. The van der Waals surface area contributed by atoms with E-state index in [0.29, 0.717) is 6.42 Å². The average molecular weight is 434 g/mol. The summed E-state index contributed by atoms with van der Waals surface area (Å²) in [7, 11) is 0. The van der Waals surface area contributed by atoms with Crippen LogP contribution in [0.25, 0.3) is 10.8 Å². The molecule has 0 radical (unpaired) electrons. The number of nitrogens with one attached hydrogen (secondary N) is 2. The third-order valence-electron chi connectivity index (χ3n) is 6.13. The molecule has 0 saturated heterocycles. The van der Waals surface area contributed by atoms with Gasteiger partial charge in [-0.15, -0.1) is 0 Å². The SMILES string of the molecule is Cc1ccccc1CCC(=O)Nc1ccc(N2C=CCNc3c2ccc2ccccc32)cc1. The molecule has 4 aromatic rings. The number of carbonyl (C=O) groups is 1. The fourth-order valence-electron chi connectivity index (χ4n) is 4.34. The number of aryl methyl sites for hydroxylation is 2. The highest BCUT2D eigenvalue weighted by Gasteiger charge is 2.16. The van der Waals surface area contributed by atoms with Crippen molar-refractivity contribution in [2.45, 2.75) is 19.8 Å². The summed E-state index contributed by atoms with van der Waals surface area (Å²) in [5.74, 6) is 0.0293. The molecule has 0 saturated carbocycles. The molecule has 1 heterocycles. The average Bonchev–Trinajstić information content (AvgIpc) is 3.07. The first-order chi connectivity index (χ1) is 16.2. The van der Waals surface area contributed by atoms with Gasteiger partial charge in [0.25, 0.3) is 0 Å². The van der Waals surface area contributed by atoms with Crippen LogP contribution in [0.1, 0.15) is 17.5 Å². The molecule has 4 nitrogen and oxygen atoms in total. The van der Waals surface area contributed by atoms with Gasteiger partial charge in [-0.1, -0.05) is 54.6 Å². The fraction of sp³-hybridized carbons (Fsp3) is 0.138. The number of benzene rings is 4. The van der Waals surface area contributed by atoms with Crippen LogP contribution in [0.5, 0.6) is 0 Å². The summed E-state index contributed by atoms with van der Waals surface area (Å²) in [6.07, 6.45) is 5.43. The van der Waals surface area contributed by atoms with E-state index < -0.39 is 0 Å². The van der Waals surface area contributed by atoms with Crippen LogP contribution in [0.3, 0.4) is 0 Å². The molecule has 0 unspecified atom stereocenters. The van der Waals surface area contributed by atoms with E-state index in [9.17, 15) is 4.79 Å². The minimum absolute atomic E-state index is 0.0293. The van der Waals surface area contributed by atoms with Crippen LogP contribution in [-0.4, -0.2) is 12.5 Å². The van der Waals surface area contributed by atoms with Crippen molar-refractivity contribution in [2.75, 3.05) is 22.1 Å². The van der Waals surface area contributed by atoms with Gasteiger partial charge in [0, 0.05) is 35.9 Å². The number of hydrogen-bond acceptors (Lipinski definition) is 3. The number of rotatable bonds is 5. The number of anilines is 4. The maximum atomic E-state index is 12.5. The van der Waals surface area contributed by atoms with Crippen molar-refractivity contribution >= 4 is 39.4 Å². The summed E-state index contributed by atoms with van der Waals surface area (Å²) in [6.45, 7) is 2.85. The van der Waals surface area contributed by atoms with Gasteiger partial charge in [-0.25, -0.2) is 0 Å². The molecule has 1 aliphatic heterocycles. The molecule has 1 amide bonds. The third-order valence-corrected chi connectivity index (χ3v) is 6.13. The Kier molecular flexibility index (Phi) is 5.81. The predicted molar refractivity (Wildman–Crippen MR) is 138 cm³/mol. The Labute approximate surface area is 194 Å². The van der Waals surface area contributed by atoms with E-state index in [1.54, 1.807) is 0 Å². The lowest BCUT2D eigenvalue weighted by atomic mass is 10.0. The normalized spacial score (nSPS) is 12.7. The number of hydrogen-bond donors (Lipinski definition) is 2. The van der Waals surface area contributed by atoms with E-state index in [-0.39, 0.29) is 5.91 Å². The molecule has 0 atom stereocenters. The van der Waals surface area contributed by atoms with E-state index in [4.69, 9.17) is 0 Å². The second-order valence-corrected chi connectivity index (χ2v) is 8.34. The van der Waals surface area contributed by atoms with Crippen LogP contribution in [0.2, 0.25) is 0 Å². The highest BCUT2D eigenvalue weighted by atomic mass is 16.1. The Morgan fingerprint density at radius 2 is 1.73 bits per heavy atom. The van der Waals surface area contributed by atoms with Crippen LogP contribution < -0.4 is 15.5 Å². The molecule has 0 bridgehead atoms. The minimum atomic E-state index is 0.0293. The highest BCUT2D eigenvalue weighted by Crippen LogP contribution is 2.39. The number of nitrogens with zero attached hydrogens (tertiary/aromatic N) is 1. The van der Waals surface area contributed by atoms with Crippen LogP contribution in [-0.2, 0) is 11.2 Å². The van der Waals surface area contributed by atoms with Gasteiger partial charge in [-0.05, 0) is 66.3 Å². The monoisotopic (exact) mass is 433 g/mol. The summed E-state index contributed by atoms with van der Waals surface area (Å²) in [5, 5.41) is 9.01. The molecule has 0 aliphatic carbocycles. The van der Waals surface area contributed by atoms with Crippen LogP contribution in [0.15, 0.2) is 97.2 Å². The van der Waals surface area contributed by atoms with Gasteiger partial charge in [-0.2, -0.15) is 0 Å². The molecular formula is C29H27N3O. The fourth-order valence-corrected chi connectivity index (χ4v) is 4.34. The van der Waals surface area contributed by atoms with Gasteiger partial charge in [0.1, 0.15) is 0 Å². The van der Waals surface area contributed by atoms with Gasteiger partial charge in [0.15, 0.2) is 0 Å². The molecule has 4 aromatic carbocycles. The lowest BCUT2D eigenvalue weighted by Gasteiger charge is -2.23. The Bertz CT molecular complexity index is 1320. The van der Waals surface area contributed by atoms with E-state index in [1.807, 2.05) is 36.4 Å². The maximum Gasteiger partial charge on any atom is 0.224 e. The quantitative estimate of drug-likeness (QED) is 0.364. The van der Waals surface area contributed by atoms with Crippen molar-refractivity contribution < 1.29 is 4.79 Å². The first-order valence-corrected chi connectivity index (χ1v) is 11.3. The van der Waals surface area contributed by atoms with E-state index in [0.717, 1.165) is 35.7 Å². The summed E-state index contributed by atoms with van der Waals surface area (Å²) in [5.41, 5.74) is 6.54. The van der Waals surface area contributed by atoms with Crippen molar-refractivity contribution in [2.24, 2.45) is 0 Å². The predicted octanol–water partition coefficient (Wildman–Crippen LogP) is 6.80.